The molecule has 5 heteroatoms. The first-order valence-electron chi connectivity index (χ1n) is 10.3. The quantitative estimate of drug-likeness (QED) is 0.637. The van der Waals surface area contributed by atoms with Gasteiger partial charge in [-0.1, -0.05) is 43.2 Å². The van der Waals surface area contributed by atoms with Gasteiger partial charge in [-0.3, -0.25) is 14.4 Å². The van der Waals surface area contributed by atoms with Crippen LogP contribution < -0.4 is 0 Å². The number of benzene rings is 2. The zero-order valence-corrected chi connectivity index (χ0v) is 18.0. The molecule has 31 heavy (non-hydrogen) atoms. The first-order chi connectivity index (χ1) is 14.7. The van der Waals surface area contributed by atoms with Gasteiger partial charge in [-0.15, -0.1) is 0 Å². The predicted molar refractivity (Wildman–Crippen MR) is 118 cm³/mol. The Labute approximate surface area is 185 Å². The molecule has 0 spiro atoms. The number of halogens is 1. The van der Waals surface area contributed by atoms with Crippen LogP contribution in [-0.2, 0) is 4.79 Å². The van der Waals surface area contributed by atoms with E-state index in [1.165, 1.54) is 18.2 Å². The van der Waals surface area contributed by atoms with Gasteiger partial charge in [0.1, 0.15) is 5.75 Å². The van der Waals surface area contributed by atoms with Crippen LogP contribution in [0.1, 0.15) is 65.3 Å². The summed E-state index contributed by atoms with van der Waals surface area (Å²) in [5, 5.41) is 10.5. The number of rotatable bonds is 1. The van der Waals surface area contributed by atoms with Crippen molar-refractivity contribution in [1.82, 2.24) is 0 Å². The first kappa shape index (κ1) is 20.0. The topological polar surface area (TPSA) is 71.4 Å². The highest BCUT2D eigenvalue weighted by atomic mass is 35.5. The Hall–Kier alpha value is -2.98. The SMILES string of the molecule is CC1(C)CC(=O)C2=C(CC3=C(C(=O)c4ccc(O)cc4C3=O)C2c2ccc(Cl)cc2)C1. The summed E-state index contributed by atoms with van der Waals surface area (Å²) in [6, 6.07) is 11.4. The highest BCUT2D eigenvalue weighted by molar-refractivity contribution is 6.30. The third-order valence-electron chi connectivity index (χ3n) is 6.52. The molecule has 0 fully saturated rings. The van der Waals surface area contributed by atoms with Gasteiger partial charge in [0.2, 0.25) is 0 Å². The predicted octanol–water partition coefficient (Wildman–Crippen LogP) is 5.59. The molecule has 0 aliphatic heterocycles. The largest absolute Gasteiger partial charge is 0.508 e. The summed E-state index contributed by atoms with van der Waals surface area (Å²) < 4.78 is 0. The lowest BCUT2D eigenvalue weighted by Crippen LogP contribution is -2.36. The smallest absolute Gasteiger partial charge is 0.191 e. The number of aromatic hydroxyl groups is 1. The number of fused-ring (bicyclic) bond motifs is 1. The molecule has 0 radical (unpaired) electrons. The maximum atomic E-state index is 13.6. The molecule has 1 atom stereocenters. The van der Waals surface area contributed by atoms with Gasteiger partial charge in [0.15, 0.2) is 17.3 Å². The first-order valence-corrected chi connectivity index (χ1v) is 10.7. The van der Waals surface area contributed by atoms with Gasteiger partial charge in [0.05, 0.1) is 0 Å². The van der Waals surface area contributed by atoms with Crippen molar-refractivity contribution >= 4 is 29.0 Å². The van der Waals surface area contributed by atoms with Crippen molar-refractivity contribution in [2.75, 3.05) is 0 Å². The van der Waals surface area contributed by atoms with Gasteiger partial charge in [-0.05, 0) is 54.2 Å². The Balaban J connectivity index is 1.76. The van der Waals surface area contributed by atoms with E-state index >= 15 is 0 Å². The van der Waals surface area contributed by atoms with Gasteiger partial charge in [-0.25, -0.2) is 0 Å². The number of phenolic OH excluding ortho intramolecular Hbond substituents is 1. The second kappa shape index (κ2) is 6.76. The Morgan fingerprint density at radius 2 is 1.61 bits per heavy atom. The van der Waals surface area contributed by atoms with E-state index in [2.05, 4.69) is 13.8 Å². The molecule has 0 bridgehead atoms. The minimum Gasteiger partial charge on any atom is -0.508 e. The van der Waals surface area contributed by atoms with Crippen LogP contribution in [0, 0.1) is 5.41 Å². The van der Waals surface area contributed by atoms with E-state index in [-0.39, 0.29) is 39.6 Å². The second-order valence-electron chi connectivity index (χ2n) is 9.40. The van der Waals surface area contributed by atoms with Crippen molar-refractivity contribution in [3.63, 3.8) is 0 Å². The molecule has 0 aromatic heterocycles. The van der Waals surface area contributed by atoms with E-state index in [9.17, 15) is 19.5 Å². The molecule has 156 valence electrons. The summed E-state index contributed by atoms with van der Waals surface area (Å²) in [5.74, 6) is -1.11. The van der Waals surface area contributed by atoms with E-state index in [0.29, 0.717) is 41.0 Å². The van der Waals surface area contributed by atoms with Crippen LogP contribution in [0.3, 0.4) is 0 Å². The van der Waals surface area contributed by atoms with Crippen molar-refractivity contribution < 1.29 is 19.5 Å². The average Bonchev–Trinajstić information content (AvgIpc) is 2.70. The summed E-state index contributed by atoms with van der Waals surface area (Å²) >= 11 is 6.09. The maximum absolute atomic E-state index is 13.6. The number of hydrogen-bond acceptors (Lipinski definition) is 4. The molecule has 5 rings (SSSR count). The standard InChI is InChI=1S/C26H21ClO4/c1-26(2)11-14-9-19-23(25(31)17-8-7-16(28)10-18(17)24(19)30)22(21(14)20(29)12-26)13-3-5-15(27)6-4-13/h3-8,10,22,28H,9,11-12H2,1-2H3. The number of carbonyl (C=O) groups excluding carboxylic acids is 3. The highest BCUT2D eigenvalue weighted by Gasteiger charge is 2.46. The zero-order chi connectivity index (χ0) is 22.1. The number of Topliss-reactive ketones (excluding diaryl/α,β-unsaturated/α-hetero) is 3. The van der Waals surface area contributed by atoms with Crippen LogP contribution in [-0.4, -0.2) is 22.5 Å². The van der Waals surface area contributed by atoms with Crippen LogP contribution in [0.5, 0.6) is 5.75 Å². The molecule has 4 nitrogen and oxygen atoms in total. The molecule has 0 saturated heterocycles. The van der Waals surface area contributed by atoms with Gasteiger partial charge >= 0.3 is 0 Å². The van der Waals surface area contributed by atoms with Gasteiger partial charge in [0.25, 0.3) is 0 Å². The van der Waals surface area contributed by atoms with E-state index in [0.717, 1.165) is 11.1 Å². The van der Waals surface area contributed by atoms with Crippen molar-refractivity contribution in [2.24, 2.45) is 5.41 Å². The molecular formula is C26H21ClO4. The monoisotopic (exact) mass is 432 g/mol. The fourth-order valence-electron chi connectivity index (χ4n) is 5.30. The van der Waals surface area contributed by atoms with Crippen molar-refractivity contribution in [1.29, 1.82) is 0 Å². The Kier molecular flexibility index (Phi) is 4.35. The number of hydrogen-bond donors (Lipinski definition) is 1. The Bertz CT molecular complexity index is 1240. The van der Waals surface area contributed by atoms with Gasteiger partial charge in [0, 0.05) is 45.2 Å². The van der Waals surface area contributed by atoms with E-state index in [1.807, 2.05) is 12.1 Å². The van der Waals surface area contributed by atoms with Crippen LogP contribution in [0.2, 0.25) is 5.02 Å². The highest BCUT2D eigenvalue weighted by Crippen LogP contribution is 2.52. The number of phenols is 1. The molecule has 1 unspecified atom stereocenters. The lowest BCUT2D eigenvalue weighted by atomic mass is 9.61. The number of ketones is 3. The minimum atomic E-state index is -0.585. The molecule has 2 aromatic carbocycles. The summed E-state index contributed by atoms with van der Waals surface area (Å²) in [4.78, 5) is 40.4. The average molecular weight is 433 g/mol. The molecule has 1 N–H and O–H groups in total. The van der Waals surface area contributed by atoms with Gasteiger partial charge in [-0.2, -0.15) is 0 Å². The lowest BCUT2D eigenvalue weighted by Gasteiger charge is -2.40. The number of allylic oxidation sites excluding steroid dienone is 4. The van der Waals surface area contributed by atoms with E-state index in [4.69, 9.17) is 11.6 Å². The van der Waals surface area contributed by atoms with Crippen LogP contribution in [0.4, 0.5) is 0 Å². The third-order valence-corrected chi connectivity index (χ3v) is 6.77. The Morgan fingerprint density at radius 3 is 2.32 bits per heavy atom. The maximum Gasteiger partial charge on any atom is 0.191 e. The number of carbonyl (C=O) groups is 3. The molecule has 0 saturated carbocycles. The molecule has 0 amide bonds. The lowest BCUT2D eigenvalue weighted by molar-refractivity contribution is -0.118. The summed E-state index contributed by atoms with van der Waals surface area (Å²) in [6.07, 6.45) is 1.40. The molecule has 3 aliphatic rings. The Morgan fingerprint density at radius 1 is 0.903 bits per heavy atom. The summed E-state index contributed by atoms with van der Waals surface area (Å²) in [5.41, 5.74) is 3.49. The summed E-state index contributed by atoms with van der Waals surface area (Å²) in [6.45, 7) is 4.11. The van der Waals surface area contributed by atoms with Crippen molar-refractivity contribution in [3.05, 3.63) is 86.5 Å². The van der Waals surface area contributed by atoms with E-state index in [1.54, 1.807) is 12.1 Å². The van der Waals surface area contributed by atoms with Crippen molar-refractivity contribution in [3.8, 4) is 5.75 Å². The molecule has 0 heterocycles. The minimum absolute atomic E-state index is 0.0366. The summed E-state index contributed by atoms with van der Waals surface area (Å²) in [7, 11) is 0. The molecular weight excluding hydrogens is 412 g/mol. The van der Waals surface area contributed by atoms with Crippen LogP contribution in [0.25, 0.3) is 0 Å². The van der Waals surface area contributed by atoms with Crippen molar-refractivity contribution in [2.45, 2.75) is 39.0 Å². The second-order valence-corrected chi connectivity index (χ2v) is 9.84. The zero-order valence-electron chi connectivity index (χ0n) is 17.3. The normalized spacial score (nSPS) is 22.3. The third kappa shape index (κ3) is 3.09. The fourth-order valence-corrected chi connectivity index (χ4v) is 5.42. The fraction of sp³-hybridized carbons (Fsp3) is 0.269. The molecule has 3 aliphatic carbocycles. The van der Waals surface area contributed by atoms with E-state index < -0.39 is 5.92 Å². The molecule has 2 aromatic rings. The van der Waals surface area contributed by atoms with Crippen LogP contribution in [0.15, 0.2) is 64.8 Å². The van der Waals surface area contributed by atoms with Gasteiger partial charge < -0.3 is 5.11 Å². The van der Waals surface area contributed by atoms with Crippen LogP contribution >= 0.6 is 11.6 Å².